The molecule has 0 bridgehead atoms. The normalized spacial score (nSPS) is 10.5. The maximum atomic E-state index is 5.69. The van der Waals surface area contributed by atoms with Gasteiger partial charge in [0.2, 0.25) is 0 Å². The highest BCUT2D eigenvalue weighted by atomic mass is 79.9. The van der Waals surface area contributed by atoms with E-state index in [1.165, 1.54) is 0 Å². The first kappa shape index (κ1) is 17.3. The topological polar surface area (TPSA) is 18.5 Å². The highest BCUT2D eigenvalue weighted by Gasteiger charge is 2.01. The Morgan fingerprint density at radius 2 is 0.905 bits per heavy atom. The molecule has 21 heavy (non-hydrogen) atoms. The summed E-state index contributed by atoms with van der Waals surface area (Å²) in [6.45, 7) is 1.22. The lowest BCUT2D eigenvalue weighted by Crippen LogP contribution is -2.05. The SMILES string of the molecule is Brc1cc(Br)cc(OCCCOc2cc(Br)cc(Br)c2)c1. The highest BCUT2D eigenvalue weighted by molar-refractivity contribution is 9.11. The van der Waals surface area contributed by atoms with Crippen molar-refractivity contribution in [2.24, 2.45) is 0 Å². The van der Waals surface area contributed by atoms with Crippen molar-refractivity contribution in [3.63, 3.8) is 0 Å². The number of benzene rings is 2. The first-order valence-electron chi connectivity index (χ1n) is 6.21. The average molecular weight is 544 g/mol. The van der Waals surface area contributed by atoms with Gasteiger partial charge >= 0.3 is 0 Å². The molecule has 0 aromatic heterocycles. The predicted molar refractivity (Wildman–Crippen MR) is 99.3 cm³/mol. The molecule has 0 saturated heterocycles. The van der Waals surface area contributed by atoms with E-state index in [9.17, 15) is 0 Å². The minimum absolute atomic E-state index is 0.609. The number of ether oxygens (including phenoxy) is 2. The molecule has 0 aliphatic carbocycles. The van der Waals surface area contributed by atoms with Gasteiger partial charge in [0.05, 0.1) is 13.2 Å². The molecule has 0 saturated carbocycles. The molecular weight excluding hydrogens is 532 g/mol. The van der Waals surface area contributed by atoms with Gasteiger partial charge in [0.1, 0.15) is 11.5 Å². The van der Waals surface area contributed by atoms with E-state index in [0.717, 1.165) is 35.8 Å². The van der Waals surface area contributed by atoms with Crippen molar-refractivity contribution in [3.05, 3.63) is 54.3 Å². The lowest BCUT2D eigenvalue weighted by molar-refractivity contribution is 0.247. The quantitative estimate of drug-likeness (QED) is 0.383. The van der Waals surface area contributed by atoms with E-state index in [4.69, 9.17) is 9.47 Å². The maximum absolute atomic E-state index is 5.69. The van der Waals surface area contributed by atoms with Gasteiger partial charge in [-0.15, -0.1) is 0 Å². The number of rotatable bonds is 6. The highest BCUT2D eigenvalue weighted by Crippen LogP contribution is 2.26. The standard InChI is InChI=1S/C15H12Br4O2/c16-10-4-11(17)7-14(6-10)20-2-1-3-21-15-8-12(18)5-13(19)9-15/h4-9H,1-3H2. The molecule has 0 aliphatic rings. The molecule has 0 radical (unpaired) electrons. The van der Waals surface area contributed by atoms with E-state index in [1.807, 2.05) is 36.4 Å². The van der Waals surface area contributed by atoms with Crippen molar-refractivity contribution >= 4 is 63.7 Å². The smallest absolute Gasteiger partial charge is 0.121 e. The van der Waals surface area contributed by atoms with E-state index in [0.29, 0.717) is 13.2 Å². The van der Waals surface area contributed by atoms with Crippen LogP contribution in [0.25, 0.3) is 0 Å². The van der Waals surface area contributed by atoms with Gasteiger partial charge in [0, 0.05) is 24.3 Å². The molecular formula is C15H12Br4O2. The van der Waals surface area contributed by atoms with E-state index < -0.39 is 0 Å². The molecule has 2 nitrogen and oxygen atoms in total. The summed E-state index contributed by atoms with van der Waals surface area (Å²) in [5.41, 5.74) is 0. The molecule has 2 aromatic carbocycles. The molecule has 0 aliphatic heterocycles. The molecule has 6 heteroatoms. The molecule has 112 valence electrons. The lowest BCUT2D eigenvalue weighted by atomic mass is 10.3. The summed E-state index contributed by atoms with van der Waals surface area (Å²) in [6.07, 6.45) is 0.814. The molecule has 0 unspecified atom stereocenters. The van der Waals surface area contributed by atoms with Crippen LogP contribution in [-0.2, 0) is 0 Å². The second-order valence-corrected chi connectivity index (χ2v) is 7.92. The third-order valence-electron chi connectivity index (χ3n) is 2.50. The summed E-state index contributed by atoms with van der Waals surface area (Å²) in [6, 6.07) is 11.7. The van der Waals surface area contributed by atoms with Crippen molar-refractivity contribution in [2.45, 2.75) is 6.42 Å². The van der Waals surface area contributed by atoms with Crippen LogP contribution in [0.4, 0.5) is 0 Å². The van der Waals surface area contributed by atoms with Crippen LogP contribution in [0, 0.1) is 0 Å². The van der Waals surface area contributed by atoms with Crippen LogP contribution in [0.3, 0.4) is 0 Å². The molecule has 0 spiro atoms. The molecule has 0 atom stereocenters. The fraction of sp³-hybridized carbons (Fsp3) is 0.200. The van der Waals surface area contributed by atoms with E-state index in [2.05, 4.69) is 63.7 Å². The molecule has 0 amide bonds. The molecule has 0 fully saturated rings. The first-order chi connectivity index (χ1) is 10.0. The Bertz CT molecular complexity index is 523. The number of hydrogen-bond donors (Lipinski definition) is 0. The van der Waals surface area contributed by atoms with E-state index in [1.54, 1.807) is 0 Å². The van der Waals surface area contributed by atoms with Crippen molar-refractivity contribution in [3.8, 4) is 11.5 Å². The summed E-state index contributed by atoms with van der Waals surface area (Å²) in [5, 5.41) is 0. The molecule has 0 N–H and O–H groups in total. The van der Waals surface area contributed by atoms with Crippen LogP contribution in [0.15, 0.2) is 54.3 Å². The van der Waals surface area contributed by atoms with Crippen LogP contribution < -0.4 is 9.47 Å². The van der Waals surface area contributed by atoms with Crippen LogP contribution in [0.2, 0.25) is 0 Å². The summed E-state index contributed by atoms with van der Waals surface area (Å²) in [7, 11) is 0. The van der Waals surface area contributed by atoms with Gasteiger partial charge in [-0.3, -0.25) is 0 Å². The zero-order chi connectivity index (χ0) is 15.2. The third kappa shape index (κ3) is 6.30. The Morgan fingerprint density at radius 1 is 0.571 bits per heavy atom. The maximum Gasteiger partial charge on any atom is 0.121 e. The minimum atomic E-state index is 0.609. The van der Waals surface area contributed by atoms with E-state index in [-0.39, 0.29) is 0 Å². The number of halogens is 4. The summed E-state index contributed by atoms with van der Waals surface area (Å²) in [5.74, 6) is 1.67. The van der Waals surface area contributed by atoms with Gasteiger partial charge in [-0.25, -0.2) is 0 Å². The van der Waals surface area contributed by atoms with Gasteiger partial charge < -0.3 is 9.47 Å². The van der Waals surface area contributed by atoms with Gasteiger partial charge in [-0.2, -0.15) is 0 Å². The predicted octanol–water partition coefficient (Wildman–Crippen LogP) is 6.58. The monoisotopic (exact) mass is 540 g/mol. The van der Waals surface area contributed by atoms with Gasteiger partial charge in [0.25, 0.3) is 0 Å². The zero-order valence-electron chi connectivity index (χ0n) is 10.9. The fourth-order valence-corrected chi connectivity index (χ4v) is 4.17. The minimum Gasteiger partial charge on any atom is -0.493 e. The largest absolute Gasteiger partial charge is 0.493 e. The van der Waals surface area contributed by atoms with Crippen LogP contribution >= 0.6 is 63.7 Å². The Morgan fingerprint density at radius 3 is 1.24 bits per heavy atom. The van der Waals surface area contributed by atoms with Crippen molar-refractivity contribution < 1.29 is 9.47 Å². The van der Waals surface area contributed by atoms with E-state index >= 15 is 0 Å². The Kier molecular flexibility index (Phi) is 7.05. The Balaban J connectivity index is 1.74. The second kappa shape index (κ2) is 8.56. The third-order valence-corrected chi connectivity index (χ3v) is 4.33. The Hall–Kier alpha value is -0.0400. The molecule has 2 rings (SSSR count). The lowest BCUT2D eigenvalue weighted by Gasteiger charge is -2.09. The van der Waals surface area contributed by atoms with Crippen molar-refractivity contribution in [1.29, 1.82) is 0 Å². The second-order valence-electron chi connectivity index (χ2n) is 4.26. The Labute approximate surface area is 157 Å². The average Bonchev–Trinajstić information content (AvgIpc) is 2.36. The summed E-state index contributed by atoms with van der Waals surface area (Å²) >= 11 is 13.7. The van der Waals surface area contributed by atoms with Crippen LogP contribution in [0.1, 0.15) is 6.42 Å². The number of hydrogen-bond acceptors (Lipinski definition) is 2. The zero-order valence-corrected chi connectivity index (χ0v) is 17.3. The molecule has 0 heterocycles. The summed E-state index contributed by atoms with van der Waals surface area (Å²) < 4.78 is 15.3. The van der Waals surface area contributed by atoms with Gasteiger partial charge in [-0.1, -0.05) is 63.7 Å². The molecule has 2 aromatic rings. The van der Waals surface area contributed by atoms with Gasteiger partial charge in [-0.05, 0) is 36.4 Å². The first-order valence-corrected chi connectivity index (χ1v) is 9.38. The summed E-state index contributed by atoms with van der Waals surface area (Å²) in [4.78, 5) is 0. The van der Waals surface area contributed by atoms with Crippen LogP contribution in [-0.4, -0.2) is 13.2 Å². The fourth-order valence-electron chi connectivity index (χ4n) is 1.66. The van der Waals surface area contributed by atoms with Crippen molar-refractivity contribution in [2.75, 3.05) is 13.2 Å². The van der Waals surface area contributed by atoms with Crippen LogP contribution in [0.5, 0.6) is 11.5 Å². The van der Waals surface area contributed by atoms with Crippen molar-refractivity contribution in [1.82, 2.24) is 0 Å². The van der Waals surface area contributed by atoms with Gasteiger partial charge in [0.15, 0.2) is 0 Å².